The monoisotopic (exact) mass is 420 g/mol. The van der Waals surface area contributed by atoms with Gasteiger partial charge in [-0.25, -0.2) is 4.79 Å². The van der Waals surface area contributed by atoms with Crippen LogP contribution in [-0.4, -0.2) is 52.5 Å². The number of hydrogen-bond acceptors (Lipinski definition) is 6. The van der Waals surface area contributed by atoms with Crippen molar-refractivity contribution in [1.29, 1.82) is 0 Å². The first-order valence-electron chi connectivity index (χ1n) is 10.2. The lowest BCUT2D eigenvalue weighted by Crippen LogP contribution is -2.51. The van der Waals surface area contributed by atoms with E-state index in [-0.39, 0.29) is 29.6 Å². The van der Waals surface area contributed by atoms with Gasteiger partial charge in [0.2, 0.25) is 0 Å². The maximum absolute atomic E-state index is 12.5. The van der Waals surface area contributed by atoms with E-state index in [2.05, 4.69) is 26.0 Å². The van der Waals surface area contributed by atoms with Gasteiger partial charge in [0.05, 0.1) is 18.8 Å². The summed E-state index contributed by atoms with van der Waals surface area (Å²) in [6.07, 6.45) is 0.527. The molecule has 0 aromatic heterocycles. The number of rotatable bonds is 4. The fourth-order valence-corrected chi connectivity index (χ4v) is 4.78. The Labute approximate surface area is 178 Å². The van der Waals surface area contributed by atoms with Gasteiger partial charge in [0.25, 0.3) is 0 Å². The van der Waals surface area contributed by atoms with Crippen molar-refractivity contribution in [2.24, 2.45) is 10.9 Å². The van der Waals surface area contributed by atoms with Gasteiger partial charge < -0.3 is 14.2 Å². The quantitative estimate of drug-likeness (QED) is 0.708. The largest absolute Gasteiger partial charge is 0.443 e. The Balaban J connectivity index is 1.75. The minimum atomic E-state index is -0.554. The summed E-state index contributed by atoms with van der Waals surface area (Å²) in [6, 6.07) is 10.0. The first kappa shape index (κ1) is 22.1. The highest BCUT2D eigenvalue weighted by Crippen LogP contribution is 2.41. The van der Waals surface area contributed by atoms with Gasteiger partial charge in [-0.15, -0.1) is 0 Å². The molecule has 0 aliphatic carbocycles. The van der Waals surface area contributed by atoms with Crippen LogP contribution in [0.1, 0.15) is 46.6 Å². The summed E-state index contributed by atoms with van der Waals surface area (Å²) < 4.78 is 18.1. The van der Waals surface area contributed by atoms with Crippen LogP contribution in [0.15, 0.2) is 35.3 Å². The van der Waals surface area contributed by atoms with E-state index in [0.717, 1.165) is 12.0 Å². The Bertz CT molecular complexity index is 734. The molecule has 2 heterocycles. The van der Waals surface area contributed by atoms with Crippen molar-refractivity contribution in [3.8, 4) is 0 Å². The second kappa shape index (κ2) is 9.06. The molecule has 1 aromatic rings. The molecule has 0 N–H and O–H groups in total. The third kappa shape index (κ3) is 5.32. The molecule has 3 rings (SSSR count). The SMILES string of the molecule is CC[C@H]1O[C@@H]2SC(N(C)C(=O)OC(C)(C)C)=N[C@@H]2[C@@H](OCc2ccccc2)[C@@H]1C. The van der Waals surface area contributed by atoms with Gasteiger partial charge in [0.15, 0.2) is 5.17 Å². The first-order valence-corrected chi connectivity index (χ1v) is 11.1. The van der Waals surface area contributed by atoms with E-state index in [0.29, 0.717) is 11.8 Å². The molecule has 6 nitrogen and oxygen atoms in total. The minimum absolute atomic E-state index is 0.0732. The van der Waals surface area contributed by atoms with E-state index < -0.39 is 11.7 Å². The summed E-state index contributed by atoms with van der Waals surface area (Å²) in [5, 5.41) is 0.617. The lowest BCUT2D eigenvalue weighted by Gasteiger charge is -2.41. The summed E-state index contributed by atoms with van der Waals surface area (Å²) >= 11 is 1.48. The van der Waals surface area contributed by atoms with Gasteiger partial charge >= 0.3 is 6.09 Å². The van der Waals surface area contributed by atoms with Crippen molar-refractivity contribution in [2.75, 3.05) is 7.05 Å². The topological polar surface area (TPSA) is 60.4 Å². The number of thioether (sulfide) groups is 1. The number of benzene rings is 1. The molecular weight excluding hydrogens is 388 g/mol. The Hall–Kier alpha value is -1.57. The van der Waals surface area contributed by atoms with Crippen molar-refractivity contribution in [1.82, 2.24) is 4.90 Å². The minimum Gasteiger partial charge on any atom is -0.443 e. The van der Waals surface area contributed by atoms with Crippen LogP contribution in [0, 0.1) is 5.92 Å². The molecule has 160 valence electrons. The fraction of sp³-hybridized carbons (Fsp3) is 0.636. The van der Waals surface area contributed by atoms with E-state index in [1.165, 1.54) is 16.7 Å². The number of carbonyl (C=O) groups is 1. The molecule has 0 saturated carbocycles. The van der Waals surface area contributed by atoms with Crippen LogP contribution in [0.25, 0.3) is 0 Å². The standard InChI is InChI=1S/C22H32N2O4S/c1-7-16-14(2)18(26-13-15-11-9-8-10-12-15)17-19(27-16)29-20(23-17)24(6)21(25)28-22(3,4)5/h8-12,14,16-19H,7,13H2,1-6H3/t14-,16-,17-,18+,19-/m1/s1. The van der Waals surface area contributed by atoms with Crippen molar-refractivity contribution in [3.63, 3.8) is 0 Å². The molecule has 2 aliphatic rings. The van der Waals surface area contributed by atoms with Gasteiger partial charge in [-0.1, -0.05) is 55.9 Å². The number of nitrogens with zero attached hydrogens (tertiary/aromatic N) is 2. The number of amides is 1. The van der Waals surface area contributed by atoms with Crippen molar-refractivity contribution >= 4 is 23.0 Å². The maximum Gasteiger partial charge on any atom is 0.416 e. The summed E-state index contributed by atoms with van der Waals surface area (Å²) in [5.41, 5.74) is 0.426. The van der Waals surface area contributed by atoms with Crippen molar-refractivity contribution < 1.29 is 19.0 Å². The van der Waals surface area contributed by atoms with Gasteiger partial charge in [-0.05, 0) is 32.8 Å². The van der Waals surface area contributed by atoms with Crippen molar-refractivity contribution in [2.45, 2.75) is 76.9 Å². The van der Waals surface area contributed by atoms with Crippen LogP contribution in [0.3, 0.4) is 0 Å². The number of amidine groups is 1. The van der Waals surface area contributed by atoms with Crippen molar-refractivity contribution in [3.05, 3.63) is 35.9 Å². The molecule has 0 spiro atoms. The van der Waals surface area contributed by atoms with E-state index >= 15 is 0 Å². The summed E-state index contributed by atoms with van der Waals surface area (Å²) in [6.45, 7) is 10.4. The molecule has 0 bridgehead atoms. The average Bonchev–Trinajstić information content (AvgIpc) is 3.09. The number of ether oxygens (including phenoxy) is 3. The van der Waals surface area contributed by atoms with Crippen LogP contribution >= 0.6 is 11.8 Å². The Morgan fingerprint density at radius 3 is 2.59 bits per heavy atom. The van der Waals surface area contributed by atoms with Gasteiger partial charge in [-0.2, -0.15) is 0 Å². The van der Waals surface area contributed by atoms with Crippen LogP contribution in [0.4, 0.5) is 4.79 Å². The average molecular weight is 421 g/mol. The zero-order valence-corrected chi connectivity index (χ0v) is 18.9. The molecule has 1 aromatic carbocycles. The number of carbonyl (C=O) groups excluding carboxylic acids is 1. The van der Waals surface area contributed by atoms with Gasteiger partial charge in [0.1, 0.15) is 17.1 Å². The normalized spacial score (nSPS) is 29.2. The lowest BCUT2D eigenvalue weighted by molar-refractivity contribution is -0.137. The number of fused-ring (bicyclic) bond motifs is 1. The second-order valence-corrected chi connectivity index (χ2v) is 9.70. The summed E-state index contributed by atoms with van der Waals surface area (Å²) in [7, 11) is 1.69. The van der Waals surface area contributed by atoms with Crippen LogP contribution < -0.4 is 0 Å². The predicted octanol–water partition coefficient (Wildman–Crippen LogP) is 4.68. The highest BCUT2D eigenvalue weighted by molar-refractivity contribution is 8.14. The van der Waals surface area contributed by atoms with E-state index in [1.807, 2.05) is 39.0 Å². The van der Waals surface area contributed by atoms with Crippen LogP contribution in [0.2, 0.25) is 0 Å². The van der Waals surface area contributed by atoms with E-state index in [1.54, 1.807) is 7.05 Å². The molecule has 5 atom stereocenters. The first-order chi connectivity index (χ1) is 13.7. The highest BCUT2D eigenvalue weighted by Gasteiger charge is 2.48. The summed E-state index contributed by atoms with van der Waals surface area (Å²) in [5.74, 6) is 0.209. The molecule has 1 saturated heterocycles. The molecule has 1 amide bonds. The summed E-state index contributed by atoms with van der Waals surface area (Å²) in [4.78, 5) is 18.8. The number of aliphatic imine (C=N–C) groups is 1. The Morgan fingerprint density at radius 2 is 1.97 bits per heavy atom. The molecule has 2 aliphatic heterocycles. The van der Waals surface area contributed by atoms with Crippen LogP contribution in [0.5, 0.6) is 0 Å². The smallest absolute Gasteiger partial charge is 0.416 e. The molecule has 0 unspecified atom stereocenters. The molecule has 7 heteroatoms. The van der Waals surface area contributed by atoms with Crippen LogP contribution in [-0.2, 0) is 20.8 Å². The molecule has 29 heavy (non-hydrogen) atoms. The van der Waals surface area contributed by atoms with E-state index in [4.69, 9.17) is 19.2 Å². The fourth-order valence-electron chi connectivity index (χ4n) is 3.61. The third-order valence-electron chi connectivity index (χ3n) is 5.15. The van der Waals surface area contributed by atoms with E-state index in [9.17, 15) is 4.79 Å². The molecular formula is C22H32N2O4S. The predicted molar refractivity (Wildman–Crippen MR) is 116 cm³/mol. The lowest BCUT2D eigenvalue weighted by atomic mass is 9.88. The number of hydrogen-bond donors (Lipinski definition) is 0. The second-order valence-electron chi connectivity index (χ2n) is 8.63. The van der Waals surface area contributed by atoms with Gasteiger partial charge in [0, 0.05) is 13.0 Å². The Morgan fingerprint density at radius 1 is 1.28 bits per heavy atom. The van der Waals surface area contributed by atoms with Gasteiger partial charge in [-0.3, -0.25) is 9.89 Å². The highest BCUT2D eigenvalue weighted by atomic mass is 32.2. The molecule has 1 fully saturated rings. The molecule has 0 radical (unpaired) electrons. The zero-order chi connectivity index (χ0) is 21.2. The maximum atomic E-state index is 12.5. The third-order valence-corrected chi connectivity index (χ3v) is 6.36. The Kier molecular flexibility index (Phi) is 6.91. The zero-order valence-electron chi connectivity index (χ0n) is 18.1.